The Morgan fingerprint density at radius 2 is 2.18 bits per heavy atom. The van der Waals surface area contributed by atoms with Crippen LogP contribution in [0.15, 0.2) is 30.3 Å². The van der Waals surface area contributed by atoms with Gasteiger partial charge in [0.2, 0.25) is 0 Å². The zero-order valence-corrected chi connectivity index (χ0v) is 12.4. The van der Waals surface area contributed by atoms with Crippen LogP contribution in [0.25, 0.3) is 0 Å². The predicted molar refractivity (Wildman–Crippen MR) is 83.3 cm³/mol. The van der Waals surface area contributed by atoms with E-state index in [1.54, 1.807) is 19.2 Å². The Morgan fingerprint density at radius 1 is 1.27 bits per heavy atom. The van der Waals surface area contributed by atoms with E-state index in [9.17, 15) is 4.79 Å². The molecule has 2 aromatic rings. The highest BCUT2D eigenvalue weighted by Crippen LogP contribution is 2.25. The number of amides is 1. The molecular formula is C16H18N4O2. The van der Waals surface area contributed by atoms with Gasteiger partial charge in [0.1, 0.15) is 11.6 Å². The summed E-state index contributed by atoms with van der Waals surface area (Å²) >= 11 is 0. The highest BCUT2D eigenvalue weighted by atomic mass is 16.5. The summed E-state index contributed by atoms with van der Waals surface area (Å²) in [7, 11) is 1.57. The normalized spacial score (nSPS) is 12.4. The van der Waals surface area contributed by atoms with E-state index in [1.165, 1.54) is 11.1 Å². The maximum absolute atomic E-state index is 11.4. The van der Waals surface area contributed by atoms with E-state index in [0.29, 0.717) is 11.5 Å². The number of benzene rings is 1. The molecule has 0 radical (unpaired) electrons. The van der Waals surface area contributed by atoms with Crippen molar-refractivity contribution >= 4 is 11.7 Å². The average Bonchev–Trinajstić information content (AvgIpc) is 3.02. The summed E-state index contributed by atoms with van der Waals surface area (Å²) in [6.45, 7) is 1.54. The molecule has 1 amide bonds. The number of carbonyl (C=O) groups excluding carboxylic acids is 1. The maximum Gasteiger partial charge on any atom is 0.271 e. The zero-order valence-electron chi connectivity index (χ0n) is 12.4. The number of aromatic nitrogens is 2. The van der Waals surface area contributed by atoms with Crippen LogP contribution >= 0.6 is 0 Å². The molecule has 6 nitrogen and oxygen atoms in total. The number of hydrogen-bond acceptors (Lipinski definition) is 5. The van der Waals surface area contributed by atoms with Gasteiger partial charge in [-0.2, -0.15) is 0 Å². The average molecular weight is 298 g/mol. The van der Waals surface area contributed by atoms with Crippen molar-refractivity contribution in [1.82, 2.24) is 15.5 Å². The minimum atomic E-state index is -0.237. The molecule has 0 spiro atoms. The molecule has 2 heterocycles. The summed E-state index contributed by atoms with van der Waals surface area (Å²) < 4.78 is 5.50. The molecule has 2 N–H and O–H groups in total. The molecule has 0 saturated heterocycles. The lowest BCUT2D eigenvalue weighted by Crippen LogP contribution is -2.20. The lowest BCUT2D eigenvalue weighted by molar-refractivity contribution is 0.0957. The first-order valence-corrected chi connectivity index (χ1v) is 7.30. The van der Waals surface area contributed by atoms with Crippen LogP contribution in [0, 0.1) is 0 Å². The Bertz CT molecular complexity index is 670. The smallest absolute Gasteiger partial charge is 0.271 e. The molecule has 0 saturated carbocycles. The van der Waals surface area contributed by atoms with Crippen LogP contribution in [0.1, 0.15) is 21.6 Å². The van der Waals surface area contributed by atoms with Crippen LogP contribution in [0.4, 0.5) is 5.82 Å². The molecular weight excluding hydrogens is 280 g/mol. The van der Waals surface area contributed by atoms with E-state index in [2.05, 4.69) is 33.0 Å². The Labute approximate surface area is 128 Å². The summed E-state index contributed by atoms with van der Waals surface area (Å²) in [5.74, 6) is 1.43. The van der Waals surface area contributed by atoms with Crippen LogP contribution in [0.5, 0.6) is 5.75 Å². The van der Waals surface area contributed by atoms with Gasteiger partial charge >= 0.3 is 0 Å². The molecule has 0 bridgehead atoms. The number of nitrogens with zero attached hydrogens (tertiary/aromatic N) is 2. The van der Waals surface area contributed by atoms with Gasteiger partial charge in [-0.3, -0.25) is 4.79 Å². The van der Waals surface area contributed by atoms with Gasteiger partial charge in [0.15, 0.2) is 5.69 Å². The van der Waals surface area contributed by atoms with Gasteiger partial charge in [-0.1, -0.05) is 12.1 Å². The molecule has 1 aromatic heterocycles. The fraction of sp³-hybridized carbons (Fsp3) is 0.312. The lowest BCUT2D eigenvalue weighted by Gasteiger charge is -2.07. The maximum atomic E-state index is 11.4. The fourth-order valence-electron chi connectivity index (χ4n) is 2.41. The third-order valence-corrected chi connectivity index (χ3v) is 3.60. The highest BCUT2D eigenvalue weighted by molar-refractivity contribution is 5.91. The number of ether oxygens (including phenoxy) is 1. The van der Waals surface area contributed by atoms with E-state index in [0.717, 1.165) is 31.7 Å². The van der Waals surface area contributed by atoms with Gasteiger partial charge in [-0.15, -0.1) is 10.2 Å². The van der Waals surface area contributed by atoms with Gasteiger partial charge in [-0.05, 0) is 35.7 Å². The van der Waals surface area contributed by atoms with Crippen LogP contribution in [0.3, 0.4) is 0 Å². The molecule has 3 rings (SSSR count). The van der Waals surface area contributed by atoms with Crippen LogP contribution < -0.4 is 15.4 Å². The van der Waals surface area contributed by atoms with Gasteiger partial charge in [-0.25, -0.2) is 0 Å². The second-order valence-corrected chi connectivity index (χ2v) is 5.10. The van der Waals surface area contributed by atoms with Gasteiger partial charge in [0.25, 0.3) is 5.91 Å². The molecule has 1 aliphatic rings. The molecule has 0 unspecified atom stereocenters. The Kier molecular flexibility index (Phi) is 4.18. The van der Waals surface area contributed by atoms with E-state index in [-0.39, 0.29) is 5.91 Å². The van der Waals surface area contributed by atoms with E-state index >= 15 is 0 Å². The molecule has 1 aliphatic heterocycles. The van der Waals surface area contributed by atoms with Gasteiger partial charge < -0.3 is 15.4 Å². The van der Waals surface area contributed by atoms with Crippen molar-refractivity contribution in [2.45, 2.75) is 12.8 Å². The molecule has 22 heavy (non-hydrogen) atoms. The van der Waals surface area contributed by atoms with Crippen molar-refractivity contribution in [3.8, 4) is 5.75 Å². The van der Waals surface area contributed by atoms with Crippen molar-refractivity contribution in [1.29, 1.82) is 0 Å². The minimum Gasteiger partial charge on any atom is -0.493 e. The molecule has 0 aliphatic carbocycles. The second-order valence-electron chi connectivity index (χ2n) is 5.10. The molecule has 6 heteroatoms. The number of fused-ring (bicyclic) bond motifs is 1. The highest BCUT2D eigenvalue weighted by Gasteiger charge is 2.11. The third kappa shape index (κ3) is 3.16. The van der Waals surface area contributed by atoms with Crippen molar-refractivity contribution in [2.24, 2.45) is 0 Å². The third-order valence-electron chi connectivity index (χ3n) is 3.60. The first kappa shape index (κ1) is 14.3. The zero-order chi connectivity index (χ0) is 15.4. The Hall–Kier alpha value is -2.63. The second kappa shape index (κ2) is 6.43. The van der Waals surface area contributed by atoms with Crippen LogP contribution in [-0.4, -0.2) is 36.3 Å². The van der Waals surface area contributed by atoms with Crippen molar-refractivity contribution in [3.05, 3.63) is 47.2 Å². The number of hydrogen-bond donors (Lipinski definition) is 2. The SMILES string of the molecule is CNC(=O)c1ccc(NCCc2ccc3c(c2)CCO3)nn1. The number of nitrogens with one attached hydrogen (secondary N) is 2. The Morgan fingerprint density at radius 3 is 2.95 bits per heavy atom. The summed E-state index contributed by atoms with van der Waals surface area (Å²) in [5, 5.41) is 13.6. The van der Waals surface area contributed by atoms with Gasteiger partial charge in [0.05, 0.1) is 6.61 Å². The standard InChI is InChI=1S/C16H18N4O2/c1-17-16(21)13-3-5-15(20-19-13)18-8-6-11-2-4-14-12(10-11)7-9-22-14/h2-5,10H,6-9H2,1H3,(H,17,21)(H,18,20). The van der Waals surface area contributed by atoms with Crippen LogP contribution in [0.2, 0.25) is 0 Å². The van der Waals surface area contributed by atoms with Gasteiger partial charge in [0, 0.05) is 20.0 Å². The lowest BCUT2D eigenvalue weighted by atomic mass is 10.1. The first-order valence-electron chi connectivity index (χ1n) is 7.30. The molecule has 0 fully saturated rings. The molecule has 1 aromatic carbocycles. The number of carbonyl (C=O) groups is 1. The molecule has 0 atom stereocenters. The van der Waals surface area contributed by atoms with Crippen molar-refractivity contribution < 1.29 is 9.53 Å². The fourth-order valence-corrected chi connectivity index (χ4v) is 2.41. The monoisotopic (exact) mass is 298 g/mol. The topological polar surface area (TPSA) is 76.1 Å². The first-order chi connectivity index (χ1) is 10.8. The predicted octanol–water partition coefficient (Wildman–Crippen LogP) is 1.43. The minimum absolute atomic E-state index is 0.237. The van der Waals surface area contributed by atoms with E-state index in [4.69, 9.17) is 4.74 Å². The van der Waals surface area contributed by atoms with Crippen molar-refractivity contribution in [2.75, 3.05) is 25.5 Å². The summed E-state index contributed by atoms with van der Waals surface area (Å²) in [6, 6.07) is 9.74. The van der Waals surface area contributed by atoms with Crippen LogP contribution in [-0.2, 0) is 12.8 Å². The van der Waals surface area contributed by atoms with Crippen molar-refractivity contribution in [3.63, 3.8) is 0 Å². The summed E-state index contributed by atoms with van der Waals surface area (Å²) in [5.41, 5.74) is 2.87. The number of rotatable bonds is 5. The summed E-state index contributed by atoms with van der Waals surface area (Å²) in [6.07, 6.45) is 1.88. The largest absolute Gasteiger partial charge is 0.493 e. The molecule has 114 valence electrons. The number of anilines is 1. The summed E-state index contributed by atoms with van der Waals surface area (Å²) in [4.78, 5) is 11.4. The van der Waals surface area contributed by atoms with E-state index in [1.807, 2.05) is 6.07 Å². The Balaban J connectivity index is 1.53. The van der Waals surface area contributed by atoms with E-state index < -0.39 is 0 Å². The quantitative estimate of drug-likeness (QED) is 0.873.